The third-order valence-electron chi connectivity index (χ3n) is 1.98. The molecule has 0 radical (unpaired) electrons. The first-order chi connectivity index (χ1) is 8.86. The van der Waals surface area contributed by atoms with Gasteiger partial charge in [0.25, 0.3) is 0 Å². The van der Waals surface area contributed by atoms with E-state index >= 15 is 0 Å². The second-order valence-corrected chi connectivity index (χ2v) is 3.39. The minimum absolute atomic E-state index is 0. The molecule has 0 unspecified atom stereocenters. The molecule has 0 bridgehead atoms. The van der Waals surface area contributed by atoms with E-state index in [9.17, 15) is 0 Å². The first kappa shape index (κ1) is 17.7. The van der Waals surface area contributed by atoms with Crippen LogP contribution in [0.3, 0.4) is 0 Å². The van der Waals surface area contributed by atoms with Crippen LogP contribution in [0.1, 0.15) is 0 Å². The zero-order valence-corrected chi connectivity index (χ0v) is 11.6. The van der Waals surface area contributed by atoms with Crippen LogP contribution < -0.4 is 9.47 Å². The van der Waals surface area contributed by atoms with Crippen LogP contribution in [0.15, 0.2) is 48.5 Å². The van der Waals surface area contributed by atoms with E-state index in [-0.39, 0.29) is 30.3 Å². The molecule has 2 aromatic rings. The number of aliphatic hydroxyl groups is 2. The zero-order chi connectivity index (χ0) is 13.1. The van der Waals surface area contributed by atoms with E-state index in [1.54, 1.807) is 0 Å². The van der Waals surface area contributed by atoms with Gasteiger partial charge in [-0.2, -0.15) is 0 Å². The van der Waals surface area contributed by atoms with Gasteiger partial charge in [-0.05, 0) is 0 Å². The Morgan fingerprint density at radius 3 is 1.95 bits per heavy atom. The number of hydrogen-bond acceptors (Lipinski definition) is 4. The maximum Gasteiger partial charge on any atom is 0.0945 e. The van der Waals surface area contributed by atoms with Crippen molar-refractivity contribution in [2.75, 3.05) is 26.4 Å². The topological polar surface area (TPSA) is 58.9 Å². The summed E-state index contributed by atoms with van der Waals surface area (Å²) in [6, 6.07) is 15.0. The Kier molecular flexibility index (Phi) is 11.0. The van der Waals surface area contributed by atoms with Gasteiger partial charge >= 0.3 is 0 Å². The molecule has 2 N–H and O–H groups in total. The fourth-order valence-corrected chi connectivity index (χ4v) is 1.23. The maximum atomic E-state index is 8.34. The molecule has 0 heterocycles. The van der Waals surface area contributed by atoms with Gasteiger partial charge in [-0.3, -0.25) is 0 Å². The molecule has 0 amide bonds. The predicted octanol–water partition coefficient (Wildman–Crippen LogP) is 1.55. The van der Waals surface area contributed by atoms with Crippen molar-refractivity contribution in [2.45, 2.75) is 0 Å². The average molecular weight is 306 g/mol. The standard InChI is InChI=1S/2C7H9O2.Fe/c2*8-5-6-9-7-3-1-2-4-7;/h2*1-4,8H,5-6H2;/q-5;-1;. The molecule has 0 aromatic heterocycles. The summed E-state index contributed by atoms with van der Waals surface area (Å²) in [5.74, 6) is 1.65. The first-order valence-electron chi connectivity index (χ1n) is 5.77. The Bertz CT molecular complexity index is 332. The molecule has 0 aliphatic carbocycles. The minimum atomic E-state index is 0. The van der Waals surface area contributed by atoms with Gasteiger partial charge < -0.3 is 49.7 Å². The molecule has 19 heavy (non-hydrogen) atoms. The summed E-state index contributed by atoms with van der Waals surface area (Å²) in [5.41, 5.74) is 0. The normalized spacial score (nSPS) is 8.95. The van der Waals surface area contributed by atoms with Crippen LogP contribution in [0, 0.1) is 0 Å². The Morgan fingerprint density at radius 2 is 1.42 bits per heavy atom. The van der Waals surface area contributed by atoms with Crippen LogP contribution in [0.4, 0.5) is 0 Å². The second-order valence-electron chi connectivity index (χ2n) is 3.39. The van der Waals surface area contributed by atoms with E-state index in [2.05, 4.69) is 0 Å². The molecular formula is C14H18FeO4-6. The molecule has 4 nitrogen and oxygen atoms in total. The molecule has 5 heteroatoms. The number of aliphatic hydroxyl groups excluding tert-OH is 2. The molecule has 112 valence electrons. The largest absolute Gasteiger partial charge is 0.745 e. The third-order valence-corrected chi connectivity index (χ3v) is 1.98. The summed E-state index contributed by atoms with van der Waals surface area (Å²) in [6.07, 6.45) is 0. The maximum absolute atomic E-state index is 8.34. The first-order valence-corrected chi connectivity index (χ1v) is 5.77. The van der Waals surface area contributed by atoms with Crippen LogP contribution in [-0.4, -0.2) is 36.6 Å². The van der Waals surface area contributed by atoms with Crippen molar-refractivity contribution >= 4 is 0 Å². The van der Waals surface area contributed by atoms with Crippen LogP contribution in [0.25, 0.3) is 0 Å². The summed E-state index contributed by atoms with van der Waals surface area (Å²) in [6.45, 7) is 0.907. The van der Waals surface area contributed by atoms with Gasteiger partial charge in [-0.15, -0.1) is 12.1 Å². The van der Waals surface area contributed by atoms with Crippen molar-refractivity contribution in [3.63, 3.8) is 0 Å². The van der Waals surface area contributed by atoms with Gasteiger partial charge in [0.05, 0.1) is 26.4 Å². The Hall–Kier alpha value is -1.26. The van der Waals surface area contributed by atoms with Crippen molar-refractivity contribution in [1.29, 1.82) is 0 Å². The summed E-state index contributed by atoms with van der Waals surface area (Å²) < 4.78 is 10.1. The van der Waals surface area contributed by atoms with Crippen LogP contribution in [0.2, 0.25) is 0 Å². The Balaban J connectivity index is 0.000000324. The molecule has 0 fully saturated rings. The Labute approximate surface area is 123 Å². The zero-order valence-electron chi connectivity index (χ0n) is 10.5. The van der Waals surface area contributed by atoms with Gasteiger partial charge in [-0.25, -0.2) is 12.1 Å². The second kappa shape index (κ2) is 11.8. The van der Waals surface area contributed by atoms with Crippen LogP contribution >= 0.6 is 0 Å². The molecule has 0 saturated carbocycles. The van der Waals surface area contributed by atoms with Crippen molar-refractivity contribution in [3.8, 4) is 11.5 Å². The number of ether oxygens (including phenoxy) is 2. The van der Waals surface area contributed by atoms with Crippen LogP contribution in [-0.2, 0) is 17.1 Å². The number of hydrogen-bond donors (Lipinski definition) is 2. The molecule has 0 aliphatic heterocycles. The summed E-state index contributed by atoms with van der Waals surface area (Å²) in [5, 5.41) is 16.7. The van der Waals surface area contributed by atoms with Gasteiger partial charge in [0.2, 0.25) is 0 Å². The molecule has 0 saturated heterocycles. The van der Waals surface area contributed by atoms with E-state index in [0.29, 0.717) is 13.2 Å². The molecule has 0 aliphatic rings. The summed E-state index contributed by atoms with van der Waals surface area (Å²) >= 11 is 0. The van der Waals surface area contributed by atoms with Gasteiger partial charge in [0.1, 0.15) is 0 Å². The summed E-state index contributed by atoms with van der Waals surface area (Å²) in [4.78, 5) is 0. The van der Waals surface area contributed by atoms with Crippen molar-refractivity contribution in [2.24, 2.45) is 0 Å². The fraction of sp³-hybridized carbons (Fsp3) is 0.286. The van der Waals surface area contributed by atoms with Crippen molar-refractivity contribution < 1.29 is 36.8 Å². The predicted molar refractivity (Wildman–Crippen MR) is 69.2 cm³/mol. The molecule has 0 spiro atoms. The minimum Gasteiger partial charge on any atom is -0.745 e. The van der Waals surface area contributed by atoms with Gasteiger partial charge in [0.15, 0.2) is 0 Å². The van der Waals surface area contributed by atoms with E-state index < -0.39 is 0 Å². The van der Waals surface area contributed by atoms with E-state index in [4.69, 9.17) is 19.7 Å². The third kappa shape index (κ3) is 8.45. The monoisotopic (exact) mass is 306 g/mol. The SMILES string of the molecule is OCCO[c-]1[cH-][cH-][cH-][cH-]1.OCCO[c-]1cccc1.[Fe]. The van der Waals surface area contributed by atoms with E-state index in [1.165, 1.54) is 0 Å². The molecule has 2 rings (SSSR count). The van der Waals surface area contributed by atoms with Gasteiger partial charge in [0, 0.05) is 22.8 Å². The average Bonchev–Trinajstić information content (AvgIpc) is 3.07. The molecule has 0 atom stereocenters. The van der Waals surface area contributed by atoms with E-state index in [0.717, 1.165) is 11.5 Å². The fourth-order valence-electron chi connectivity index (χ4n) is 1.23. The summed E-state index contributed by atoms with van der Waals surface area (Å²) in [7, 11) is 0. The molecule has 2 aromatic carbocycles. The quantitative estimate of drug-likeness (QED) is 0.628. The number of rotatable bonds is 6. The Morgan fingerprint density at radius 1 is 0.895 bits per heavy atom. The van der Waals surface area contributed by atoms with Crippen molar-refractivity contribution in [1.82, 2.24) is 0 Å². The van der Waals surface area contributed by atoms with Crippen molar-refractivity contribution in [3.05, 3.63) is 48.5 Å². The smallest absolute Gasteiger partial charge is 0.0945 e. The van der Waals surface area contributed by atoms with E-state index in [1.807, 2.05) is 48.5 Å². The van der Waals surface area contributed by atoms with Crippen LogP contribution in [0.5, 0.6) is 11.5 Å². The van der Waals surface area contributed by atoms with Gasteiger partial charge in [-0.1, -0.05) is 0 Å². The molecular weight excluding hydrogens is 288 g/mol.